The van der Waals surface area contributed by atoms with E-state index in [2.05, 4.69) is 20.9 Å². The van der Waals surface area contributed by atoms with Crippen LogP contribution in [0.3, 0.4) is 0 Å². The Morgan fingerprint density at radius 1 is 0.963 bits per heavy atom. The van der Waals surface area contributed by atoms with Crippen LogP contribution >= 0.6 is 0 Å². The third kappa shape index (κ3) is 3.19. The molecule has 7 heteroatoms. The SMILES string of the molecule is CN1C(=O)N(Cc2cccnc2)C(=O)C12CCN(Cc1cccnc1)CC2. The number of urea groups is 1. The average molecular weight is 365 g/mol. The van der Waals surface area contributed by atoms with E-state index in [4.69, 9.17) is 0 Å². The van der Waals surface area contributed by atoms with Crippen LogP contribution in [-0.4, -0.2) is 62.3 Å². The van der Waals surface area contributed by atoms with Crippen molar-refractivity contribution < 1.29 is 9.59 Å². The Labute approximate surface area is 158 Å². The molecular formula is C20H23N5O2. The van der Waals surface area contributed by atoms with Gasteiger partial charge in [-0.2, -0.15) is 0 Å². The lowest BCUT2D eigenvalue weighted by molar-refractivity contribution is -0.135. The number of likely N-dealkylation sites (tertiary alicyclic amines) is 1. The summed E-state index contributed by atoms with van der Waals surface area (Å²) in [6, 6.07) is 7.48. The monoisotopic (exact) mass is 365 g/mol. The molecule has 2 fully saturated rings. The van der Waals surface area contributed by atoms with E-state index in [1.54, 1.807) is 30.5 Å². The van der Waals surface area contributed by atoms with Crippen LogP contribution in [0.5, 0.6) is 0 Å². The Morgan fingerprint density at radius 2 is 1.56 bits per heavy atom. The minimum atomic E-state index is -0.718. The van der Waals surface area contributed by atoms with Crippen LogP contribution in [0.1, 0.15) is 24.0 Å². The molecule has 0 atom stereocenters. The van der Waals surface area contributed by atoms with E-state index in [1.165, 1.54) is 4.90 Å². The van der Waals surface area contributed by atoms with Crippen LogP contribution in [0.4, 0.5) is 4.79 Å². The number of hydrogen-bond donors (Lipinski definition) is 0. The number of aromatic nitrogens is 2. The van der Waals surface area contributed by atoms with Crippen molar-refractivity contribution >= 4 is 11.9 Å². The third-order valence-corrected chi connectivity index (χ3v) is 5.68. The molecule has 27 heavy (non-hydrogen) atoms. The van der Waals surface area contributed by atoms with Gasteiger partial charge in [-0.3, -0.25) is 24.6 Å². The van der Waals surface area contributed by atoms with Crippen molar-refractivity contribution in [2.45, 2.75) is 31.5 Å². The van der Waals surface area contributed by atoms with Crippen LogP contribution in [-0.2, 0) is 17.9 Å². The smallest absolute Gasteiger partial charge is 0.312 e. The highest BCUT2D eigenvalue weighted by Crippen LogP contribution is 2.37. The van der Waals surface area contributed by atoms with Gasteiger partial charge in [-0.1, -0.05) is 12.1 Å². The number of imide groups is 1. The fraction of sp³-hybridized carbons (Fsp3) is 0.400. The average Bonchev–Trinajstić information content (AvgIpc) is 2.87. The van der Waals surface area contributed by atoms with Gasteiger partial charge in [-0.15, -0.1) is 0 Å². The molecule has 0 N–H and O–H groups in total. The molecule has 3 amide bonds. The van der Waals surface area contributed by atoms with Gasteiger partial charge in [-0.25, -0.2) is 4.79 Å². The number of amides is 3. The molecule has 0 aliphatic carbocycles. The predicted molar refractivity (Wildman–Crippen MR) is 99.4 cm³/mol. The van der Waals surface area contributed by atoms with E-state index < -0.39 is 5.54 Å². The van der Waals surface area contributed by atoms with Crippen molar-refractivity contribution in [1.82, 2.24) is 24.7 Å². The number of nitrogens with zero attached hydrogens (tertiary/aromatic N) is 5. The Morgan fingerprint density at radius 3 is 2.11 bits per heavy atom. The summed E-state index contributed by atoms with van der Waals surface area (Å²) < 4.78 is 0. The van der Waals surface area contributed by atoms with E-state index in [0.29, 0.717) is 12.8 Å². The van der Waals surface area contributed by atoms with Crippen LogP contribution < -0.4 is 0 Å². The van der Waals surface area contributed by atoms with Crippen molar-refractivity contribution in [3.8, 4) is 0 Å². The first-order valence-electron chi connectivity index (χ1n) is 9.20. The number of carbonyl (C=O) groups excluding carboxylic acids is 2. The van der Waals surface area contributed by atoms with Crippen molar-refractivity contribution in [3.63, 3.8) is 0 Å². The van der Waals surface area contributed by atoms with Gasteiger partial charge >= 0.3 is 6.03 Å². The molecule has 2 aliphatic heterocycles. The van der Waals surface area contributed by atoms with E-state index in [9.17, 15) is 9.59 Å². The van der Waals surface area contributed by atoms with Crippen molar-refractivity contribution in [3.05, 3.63) is 60.2 Å². The van der Waals surface area contributed by atoms with Crippen molar-refractivity contribution in [2.75, 3.05) is 20.1 Å². The highest BCUT2D eigenvalue weighted by molar-refractivity contribution is 6.06. The second kappa shape index (κ2) is 7.08. The Hall–Kier alpha value is -2.80. The van der Waals surface area contributed by atoms with Gasteiger partial charge < -0.3 is 4.90 Å². The van der Waals surface area contributed by atoms with E-state index in [1.807, 2.05) is 24.4 Å². The largest absolute Gasteiger partial charge is 0.327 e. The van der Waals surface area contributed by atoms with E-state index >= 15 is 0 Å². The summed E-state index contributed by atoms with van der Waals surface area (Å²) in [5.41, 5.74) is 1.30. The fourth-order valence-corrected chi connectivity index (χ4v) is 4.04. The van der Waals surface area contributed by atoms with Gasteiger partial charge in [0.05, 0.1) is 6.54 Å². The van der Waals surface area contributed by atoms with Crippen LogP contribution in [0.25, 0.3) is 0 Å². The number of likely N-dealkylation sites (N-methyl/N-ethyl adjacent to an activating group) is 1. The molecule has 2 aromatic rings. The Balaban J connectivity index is 1.45. The zero-order valence-electron chi connectivity index (χ0n) is 15.4. The number of hydrogen-bond acceptors (Lipinski definition) is 5. The molecule has 7 nitrogen and oxygen atoms in total. The predicted octanol–water partition coefficient (Wildman–Crippen LogP) is 1.91. The summed E-state index contributed by atoms with van der Waals surface area (Å²) in [6.45, 7) is 2.64. The topological polar surface area (TPSA) is 69.6 Å². The second-order valence-corrected chi connectivity index (χ2v) is 7.26. The number of carbonyl (C=O) groups is 2. The molecule has 2 aliphatic rings. The summed E-state index contributed by atoms with van der Waals surface area (Å²) in [4.78, 5) is 39.5. The van der Waals surface area contributed by atoms with Gasteiger partial charge in [-0.05, 0) is 36.1 Å². The summed E-state index contributed by atoms with van der Waals surface area (Å²) in [5, 5.41) is 0. The molecule has 0 bridgehead atoms. The first-order chi connectivity index (χ1) is 13.1. The van der Waals surface area contributed by atoms with Gasteiger partial charge in [0.1, 0.15) is 5.54 Å². The van der Waals surface area contributed by atoms with Gasteiger partial charge in [0.25, 0.3) is 5.91 Å². The minimum Gasteiger partial charge on any atom is -0.312 e. The standard InChI is InChI=1S/C20H23N5O2/c1-23-19(27)25(15-17-5-3-9-22-13-17)18(26)20(23)6-10-24(11-7-20)14-16-4-2-8-21-12-16/h2-5,8-9,12-13H,6-7,10-11,14-15H2,1H3. The van der Waals surface area contributed by atoms with Crippen molar-refractivity contribution in [1.29, 1.82) is 0 Å². The molecule has 4 heterocycles. The zero-order chi connectivity index (χ0) is 18.9. The van der Waals surface area contributed by atoms with Crippen molar-refractivity contribution in [2.24, 2.45) is 0 Å². The molecule has 2 aromatic heterocycles. The molecule has 1 spiro atoms. The van der Waals surface area contributed by atoms with E-state index in [-0.39, 0.29) is 18.5 Å². The summed E-state index contributed by atoms with van der Waals surface area (Å²) in [7, 11) is 1.75. The quantitative estimate of drug-likeness (QED) is 0.774. The zero-order valence-corrected chi connectivity index (χ0v) is 15.4. The maximum absolute atomic E-state index is 13.2. The molecule has 2 saturated heterocycles. The van der Waals surface area contributed by atoms with Crippen LogP contribution in [0.15, 0.2) is 49.1 Å². The fourth-order valence-electron chi connectivity index (χ4n) is 4.04. The molecule has 0 unspecified atom stereocenters. The normalized spacial score (nSPS) is 19.9. The van der Waals surface area contributed by atoms with Crippen LogP contribution in [0.2, 0.25) is 0 Å². The van der Waals surface area contributed by atoms with Gasteiger partial charge in [0, 0.05) is 51.5 Å². The summed E-state index contributed by atoms with van der Waals surface area (Å²) in [6.07, 6.45) is 8.32. The molecule has 0 aromatic carbocycles. The lowest BCUT2D eigenvalue weighted by Gasteiger charge is -2.40. The number of piperidine rings is 1. The molecule has 4 rings (SSSR count). The lowest BCUT2D eigenvalue weighted by atomic mass is 9.86. The number of rotatable bonds is 4. The summed E-state index contributed by atoms with van der Waals surface area (Å²) in [5.74, 6) is -0.0834. The molecule has 0 radical (unpaired) electrons. The Bertz CT molecular complexity index is 819. The number of pyridine rings is 2. The third-order valence-electron chi connectivity index (χ3n) is 5.68. The lowest BCUT2D eigenvalue weighted by Crippen LogP contribution is -2.55. The second-order valence-electron chi connectivity index (χ2n) is 7.26. The summed E-state index contributed by atoms with van der Waals surface area (Å²) >= 11 is 0. The maximum atomic E-state index is 13.2. The highest BCUT2D eigenvalue weighted by Gasteiger charge is 2.56. The Kier molecular flexibility index (Phi) is 4.61. The van der Waals surface area contributed by atoms with Gasteiger partial charge in [0.2, 0.25) is 0 Å². The van der Waals surface area contributed by atoms with Crippen LogP contribution in [0, 0.1) is 0 Å². The first-order valence-corrected chi connectivity index (χ1v) is 9.20. The van der Waals surface area contributed by atoms with Gasteiger partial charge in [0.15, 0.2) is 0 Å². The highest BCUT2D eigenvalue weighted by atomic mass is 16.2. The molecule has 0 saturated carbocycles. The van der Waals surface area contributed by atoms with E-state index in [0.717, 1.165) is 30.8 Å². The molecular weight excluding hydrogens is 342 g/mol. The first kappa shape index (κ1) is 17.6. The minimum absolute atomic E-state index is 0.0834. The molecule has 140 valence electrons. The maximum Gasteiger partial charge on any atom is 0.327 e.